The summed E-state index contributed by atoms with van der Waals surface area (Å²) in [5.74, 6) is -1.40. The summed E-state index contributed by atoms with van der Waals surface area (Å²) in [4.78, 5) is 16.5. The largest absolute Gasteiger partial charge is 0.377 e. The zero-order chi connectivity index (χ0) is 14.0. The van der Waals surface area contributed by atoms with Gasteiger partial charge in [-0.1, -0.05) is 0 Å². The molecule has 0 atom stereocenters. The van der Waals surface area contributed by atoms with Crippen LogP contribution in [0.4, 0.5) is 20.2 Å². The first kappa shape index (κ1) is 12.9. The van der Waals surface area contributed by atoms with Gasteiger partial charge in [0.25, 0.3) is 0 Å². The number of halogens is 2. The molecule has 0 saturated heterocycles. The van der Waals surface area contributed by atoms with Gasteiger partial charge >= 0.3 is 5.69 Å². The molecule has 2 rings (SSSR count). The molecule has 0 bridgehead atoms. The molecule has 0 fully saturated rings. The number of rotatable bonds is 4. The molecule has 0 saturated carbocycles. The number of aryl methyl sites for hydroxylation is 1. The van der Waals surface area contributed by atoms with E-state index in [0.29, 0.717) is 17.6 Å². The van der Waals surface area contributed by atoms with E-state index in [1.54, 1.807) is 13.1 Å². The van der Waals surface area contributed by atoms with Gasteiger partial charge in [0.1, 0.15) is 11.6 Å². The maximum Gasteiger partial charge on any atom is 0.307 e. The number of nitrogens with one attached hydrogen (secondary N) is 2. The fraction of sp³-hybridized carbons (Fsp3) is 0.182. The van der Waals surface area contributed by atoms with Gasteiger partial charge in [-0.05, 0) is 6.92 Å². The van der Waals surface area contributed by atoms with Crippen molar-refractivity contribution >= 4 is 11.4 Å². The van der Waals surface area contributed by atoms with Crippen LogP contribution in [0.2, 0.25) is 0 Å². The van der Waals surface area contributed by atoms with Gasteiger partial charge in [-0.2, -0.15) is 4.39 Å². The minimum atomic E-state index is -1.20. The summed E-state index contributed by atoms with van der Waals surface area (Å²) in [6.45, 7) is 1.95. The molecular formula is C11H10F2N4O2. The van der Waals surface area contributed by atoms with Crippen molar-refractivity contribution in [1.82, 2.24) is 9.97 Å². The summed E-state index contributed by atoms with van der Waals surface area (Å²) in [5.41, 5.74) is -0.228. The molecule has 2 aromatic rings. The number of benzene rings is 1. The van der Waals surface area contributed by atoms with Crippen LogP contribution in [0, 0.1) is 28.7 Å². The Kier molecular flexibility index (Phi) is 3.41. The van der Waals surface area contributed by atoms with Crippen LogP contribution in [0.3, 0.4) is 0 Å². The quantitative estimate of drug-likeness (QED) is 0.659. The van der Waals surface area contributed by atoms with E-state index < -0.39 is 22.2 Å². The van der Waals surface area contributed by atoms with Gasteiger partial charge < -0.3 is 10.3 Å². The number of nitro benzene ring substituents is 1. The van der Waals surface area contributed by atoms with Crippen molar-refractivity contribution in [3.8, 4) is 0 Å². The van der Waals surface area contributed by atoms with E-state index in [1.165, 1.54) is 0 Å². The molecule has 100 valence electrons. The summed E-state index contributed by atoms with van der Waals surface area (Å²) in [5, 5.41) is 13.2. The molecule has 0 amide bonds. The second-order valence-electron chi connectivity index (χ2n) is 3.89. The maximum absolute atomic E-state index is 13.5. The predicted octanol–water partition coefficient (Wildman–Crippen LogP) is 2.52. The third kappa shape index (κ3) is 2.84. The highest BCUT2D eigenvalue weighted by atomic mass is 19.1. The van der Waals surface area contributed by atoms with E-state index in [1.807, 2.05) is 0 Å². The molecule has 1 heterocycles. The molecule has 0 aliphatic rings. The summed E-state index contributed by atoms with van der Waals surface area (Å²) in [6, 6.07) is 1.31. The van der Waals surface area contributed by atoms with Gasteiger partial charge in [0, 0.05) is 12.1 Å². The van der Waals surface area contributed by atoms with Crippen LogP contribution in [0.1, 0.15) is 11.5 Å². The highest BCUT2D eigenvalue weighted by molar-refractivity contribution is 5.53. The van der Waals surface area contributed by atoms with Crippen molar-refractivity contribution in [2.75, 3.05) is 5.32 Å². The molecule has 19 heavy (non-hydrogen) atoms. The molecule has 0 aliphatic carbocycles. The van der Waals surface area contributed by atoms with E-state index in [2.05, 4.69) is 15.3 Å². The number of imidazole rings is 1. The number of H-pyrrole nitrogens is 1. The zero-order valence-corrected chi connectivity index (χ0v) is 9.91. The zero-order valence-electron chi connectivity index (χ0n) is 9.91. The van der Waals surface area contributed by atoms with Crippen LogP contribution >= 0.6 is 0 Å². The summed E-state index contributed by atoms with van der Waals surface area (Å²) >= 11 is 0. The van der Waals surface area contributed by atoms with Gasteiger partial charge in [-0.3, -0.25) is 10.1 Å². The topological polar surface area (TPSA) is 83.8 Å². The van der Waals surface area contributed by atoms with E-state index in [4.69, 9.17) is 0 Å². The molecular weight excluding hydrogens is 258 g/mol. The van der Waals surface area contributed by atoms with Crippen LogP contribution in [-0.2, 0) is 6.54 Å². The Balaban J connectivity index is 2.20. The normalized spacial score (nSPS) is 10.5. The highest BCUT2D eigenvalue weighted by Crippen LogP contribution is 2.25. The van der Waals surface area contributed by atoms with E-state index >= 15 is 0 Å². The SMILES string of the molecule is Cc1ncc(CNc2cc([N+](=O)[O-])c(F)cc2F)[nH]1. The van der Waals surface area contributed by atoms with Gasteiger partial charge in [-0.15, -0.1) is 0 Å². The maximum atomic E-state index is 13.5. The van der Waals surface area contributed by atoms with E-state index in [0.717, 1.165) is 6.07 Å². The fourth-order valence-electron chi connectivity index (χ4n) is 1.56. The van der Waals surface area contributed by atoms with Gasteiger partial charge in [0.05, 0.1) is 29.0 Å². The molecule has 1 aromatic heterocycles. The molecule has 0 radical (unpaired) electrons. The number of hydrogen-bond donors (Lipinski definition) is 2. The van der Waals surface area contributed by atoms with Crippen molar-refractivity contribution in [3.05, 3.63) is 51.6 Å². The summed E-state index contributed by atoms with van der Waals surface area (Å²) in [6.07, 6.45) is 1.55. The smallest absolute Gasteiger partial charge is 0.307 e. The lowest BCUT2D eigenvalue weighted by molar-refractivity contribution is -0.387. The molecule has 0 spiro atoms. The second kappa shape index (κ2) is 5.01. The van der Waals surface area contributed by atoms with E-state index in [-0.39, 0.29) is 12.2 Å². The highest BCUT2D eigenvalue weighted by Gasteiger charge is 2.18. The van der Waals surface area contributed by atoms with Crippen LogP contribution in [0.5, 0.6) is 0 Å². The van der Waals surface area contributed by atoms with Crippen molar-refractivity contribution in [2.45, 2.75) is 13.5 Å². The standard InChI is InChI=1S/C11H10F2N4O2/c1-6-14-4-7(16-6)5-15-10-3-11(17(18)19)9(13)2-8(10)12/h2-4,15H,5H2,1H3,(H,14,16). The van der Waals surface area contributed by atoms with Crippen LogP contribution in [-0.4, -0.2) is 14.9 Å². The average Bonchev–Trinajstić information content (AvgIpc) is 2.73. The van der Waals surface area contributed by atoms with Gasteiger partial charge in [0.2, 0.25) is 5.82 Å². The van der Waals surface area contributed by atoms with Crippen molar-refractivity contribution < 1.29 is 13.7 Å². The van der Waals surface area contributed by atoms with Crippen molar-refractivity contribution in [3.63, 3.8) is 0 Å². The van der Waals surface area contributed by atoms with Crippen molar-refractivity contribution in [2.24, 2.45) is 0 Å². The Bertz CT molecular complexity index is 627. The lowest BCUT2D eigenvalue weighted by Gasteiger charge is -2.06. The third-order valence-electron chi connectivity index (χ3n) is 2.46. The lowest BCUT2D eigenvalue weighted by atomic mass is 10.2. The fourth-order valence-corrected chi connectivity index (χ4v) is 1.56. The van der Waals surface area contributed by atoms with Gasteiger partial charge in [0.15, 0.2) is 0 Å². The van der Waals surface area contributed by atoms with Crippen LogP contribution < -0.4 is 5.32 Å². The number of nitrogens with zero attached hydrogens (tertiary/aromatic N) is 2. The Morgan fingerprint density at radius 2 is 2.16 bits per heavy atom. The number of anilines is 1. The summed E-state index contributed by atoms with van der Waals surface area (Å²) < 4.78 is 26.6. The predicted molar refractivity (Wildman–Crippen MR) is 63.7 cm³/mol. The molecule has 2 N–H and O–H groups in total. The van der Waals surface area contributed by atoms with Crippen molar-refractivity contribution in [1.29, 1.82) is 0 Å². The number of aromatic amines is 1. The monoisotopic (exact) mass is 268 g/mol. The summed E-state index contributed by atoms with van der Waals surface area (Å²) in [7, 11) is 0. The lowest BCUT2D eigenvalue weighted by Crippen LogP contribution is -2.04. The third-order valence-corrected chi connectivity index (χ3v) is 2.46. The van der Waals surface area contributed by atoms with Crippen LogP contribution in [0.25, 0.3) is 0 Å². The Hall–Kier alpha value is -2.51. The van der Waals surface area contributed by atoms with Crippen LogP contribution in [0.15, 0.2) is 18.3 Å². The Labute approximate surface area is 106 Å². The number of hydrogen-bond acceptors (Lipinski definition) is 4. The second-order valence-corrected chi connectivity index (χ2v) is 3.89. The Morgan fingerprint density at radius 3 is 2.74 bits per heavy atom. The van der Waals surface area contributed by atoms with E-state index in [9.17, 15) is 18.9 Å². The minimum absolute atomic E-state index is 0.139. The molecule has 6 nitrogen and oxygen atoms in total. The molecule has 1 aromatic carbocycles. The Morgan fingerprint density at radius 1 is 1.42 bits per heavy atom. The first-order chi connectivity index (χ1) is 8.97. The first-order valence-electron chi connectivity index (χ1n) is 5.35. The number of aromatic nitrogens is 2. The molecule has 8 heteroatoms. The molecule has 0 aliphatic heterocycles. The number of nitro groups is 1. The minimum Gasteiger partial charge on any atom is -0.377 e. The average molecular weight is 268 g/mol. The first-order valence-corrected chi connectivity index (χ1v) is 5.35. The molecule has 0 unspecified atom stereocenters. The van der Waals surface area contributed by atoms with Gasteiger partial charge in [-0.25, -0.2) is 9.37 Å².